The molecule has 0 aliphatic rings. The van der Waals surface area contributed by atoms with Crippen LogP contribution < -0.4 is 0 Å². The molecule has 0 saturated carbocycles. The summed E-state index contributed by atoms with van der Waals surface area (Å²) in [6.45, 7) is 0.00880. The molecule has 4 heteroatoms. The first-order valence-corrected chi connectivity index (χ1v) is 8.31. The highest BCUT2D eigenvalue weighted by Gasteiger charge is 2.17. The van der Waals surface area contributed by atoms with Crippen molar-refractivity contribution in [1.29, 1.82) is 0 Å². The second kappa shape index (κ2) is 8.61. The Morgan fingerprint density at radius 3 is 2.36 bits per heavy atom. The van der Waals surface area contributed by atoms with Crippen molar-refractivity contribution in [2.75, 3.05) is 0 Å². The van der Waals surface area contributed by atoms with Crippen molar-refractivity contribution in [2.24, 2.45) is 0 Å². The molecule has 1 unspecified atom stereocenters. The Hall–Kier alpha value is -1.78. The first-order chi connectivity index (χ1) is 10.7. The fourth-order valence-corrected chi connectivity index (χ4v) is 3.24. The maximum absolute atomic E-state index is 11.4. The van der Waals surface area contributed by atoms with Gasteiger partial charge in [-0.25, -0.2) is 0 Å². The third-order valence-electron chi connectivity index (χ3n) is 3.44. The van der Waals surface area contributed by atoms with E-state index in [0.29, 0.717) is 12.2 Å². The van der Waals surface area contributed by atoms with Crippen molar-refractivity contribution < 1.29 is 15.0 Å². The molecular formula is C18H20O3S. The van der Waals surface area contributed by atoms with E-state index in [1.165, 1.54) is 11.8 Å². The summed E-state index contributed by atoms with van der Waals surface area (Å²) in [4.78, 5) is 11.4. The van der Waals surface area contributed by atoms with E-state index >= 15 is 0 Å². The summed E-state index contributed by atoms with van der Waals surface area (Å²) >= 11 is 1.44. The number of rotatable bonds is 8. The van der Waals surface area contributed by atoms with E-state index in [1.807, 2.05) is 54.6 Å². The molecule has 2 aromatic rings. The normalized spacial score (nSPS) is 12.0. The zero-order chi connectivity index (χ0) is 15.8. The number of carbonyl (C=O) groups is 1. The van der Waals surface area contributed by atoms with Gasteiger partial charge in [-0.05, 0) is 29.5 Å². The number of aliphatic hydroxyl groups excluding tert-OH is 1. The lowest BCUT2D eigenvalue weighted by Gasteiger charge is -2.12. The number of aryl methyl sites for hydroxylation is 1. The predicted molar refractivity (Wildman–Crippen MR) is 89.8 cm³/mol. The largest absolute Gasteiger partial charge is 0.480 e. The Morgan fingerprint density at radius 2 is 1.68 bits per heavy atom. The Labute approximate surface area is 135 Å². The van der Waals surface area contributed by atoms with Crippen molar-refractivity contribution in [1.82, 2.24) is 0 Å². The first-order valence-electron chi connectivity index (χ1n) is 7.26. The Kier molecular flexibility index (Phi) is 6.49. The van der Waals surface area contributed by atoms with E-state index in [2.05, 4.69) is 0 Å². The lowest BCUT2D eigenvalue weighted by Crippen LogP contribution is -2.17. The number of thioether (sulfide) groups is 1. The molecule has 0 bridgehead atoms. The monoisotopic (exact) mass is 316 g/mol. The minimum Gasteiger partial charge on any atom is -0.480 e. The zero-order valence-electron chi connectivity index (χ0n) is 12.3. The highest BCUT2D eigenvalue weighted by molar-refractivity contribution is 7.99. The van der Waals surface area contributed by atoms with Crippen LogP contribution in [0.2, 0.25) is 0 Å². The standard InChI is InChI=1S/C18H20O3S/c19-12-15-7-4-8-16(11-15)13-22-17(18(20)21)10-9-14-5-2-1-3-6-14/h1-8,11,17,19H,9-10,12-13H2,(H,20,21). The molecule has 0 spiro atoms. The fourth-order valence-electron chi connectivity index (χ4n) is 2.24. The minimum absolute atomic E-state index is 0.00880. The van der Waals surface area contributed by atoms with E-state index < -0.39 is 11.2 Å². The van der Waals surface area contributed by atoms with Crippen LogP contribution in [-0.2, 0) is 23.6 Å². The highest BCUT2D eigenvalue weighted by Crippen LogP contribution is 2.23. The molecule has 0 aliphatic carbocycles. The van der Waals surface area contributed by atoms with Crippen LogP contribution in [0.4, 0.5) is 0 Å². The molecule has 0 saturated heterocycles. The van der Waals surface area contributed by atoms with Crippen LogP contribution >= 0.6 is 11.8 Å². The lowest BCUT2D eigenvalue weighted by molar-refractivity contribution is -0.136. The van der Waals surface area contributed by atoms with Crippen molar-refractivity contribution >= 4 is 17.7 Å². The summed E-state index contributed by atoms with van der Waals surface area (Å²) in [5.74, 6) is -0.126. The SMILES string of the molecule is O=C(O)C(CCc1ccccc1)SCc1cccc(CO)c1. The molecule has 0 heterocycles. The molecule has 0 aromatic heterocycles. The molecule has 116 valence electrons. The highest BCUT2D eigenvalue weighted by atomic mass is 32.2. The molecule has 0 fully saturated rings. The molecule has 0 amide bonds. The Balaban J connectivity index is 1.90. The van der Waals surface area contributed by atoms with Crippen LogP contribution in [0.3, 0.4) is 0 Å². The van der Waals surface area contributed by atoms with Crippen LogP contribution in [0.25, 0.3) is 0 Å². The van der Waals surface area contributed by atoms with Crippen molar-refractivity contribution in [3.8, 4) is 0 Å². The molecule has 0 radical (unpaired) electrons. The summed E-state index contributed by atoms with van der Waals surface area (Å²) in [6, 6.07) is 17.6. The number of carboxylic acid groups (broad SMARTS) is 1. The van der Waals surface area contributed by atoms with E-state index in [0.717, 1.165) is 23.1 Å². The van der Waals surface area contributed by atoms with Gasteiger partial charge >= 0.3 is 5.97 Å². The molecule has 0 aliphatic heterocycles. The van der Waals surface area contributed by atoms with Crippen LogP contribution in [0.1, 0.15) is 23.1 Å². The van der Waals surface area contributed by atoms with Gasteiger partial charge in [-0.3, -0.25) is 4.79 Å². The van der Waals surface area contributed by atoms with Gasteiger partial charge in [-0.1, -0.05) is 54.6 Å². The van der Waals surface area contributed by atoms with Gasteiger partial charge in [-0.15, -0.1) is 11.8 Å². The van der Waals surface area contributed by atoms with E-state index in [9.17, 15) is 9.90 Å². The number of hydrogen-bond acceptors (Lipinski definition) is 3. The molecule has 3 nitrogen and oxygen atoms in total. The molecule has 22 heavy (non-hydrogen) atoms. The minimum atomic E-state index is -0.765. The summed E-state index contributed by atoms with van der Waals surface area (Å²) in [7, 11) is 0. The van der Waals surface area contributed by atoms with Gasteiger partial charge in [0, 0.05) is 5.75 Å². The summed E-state index contributed by atoms with van der Waals surface area (Å²) in [5.41, 5.74) is 3.06. The first kappa shape index (κ1) is 16.6. The van der Waals surface area contributed by atoms with Gasteiger partial charge < -0.3 is 10.2 Å². The maximum atomic E-state index is 11.4. The molecule has 2 aromatic carbocycles. The van der Waals surface area contributed by atoms with Gasteiger partial charge in [0.05, 0.1) is 6.61 Å². The number of carboxylic acids is 1. The van der Waals surface area contributed by atoms with Crippen LogP contribution in [0, 0.1) is 0 Å². The quantitative estimate of drug-likeness (QED) is 0.782. The number of hydrogen-bond donors (Lipinski definition) is 2. The fraction of sp³-hybridized carbons (Fsp3) is 0.278. The third kappa shape index (κ3) is 5.20. The van der Waals surface area contributed by atoms with Crippen molar-refractivity contribution in [2.45, 2.75) is 30.5 Å². The van der Waals surface area contributed by atoms with Crippen LogP contribution in [-0.4, -0.2) is 21.4 Å². The summed E-state index contributed by atoms with van der Waals surface area (Å²) < 4.78 is 0. The van der Waals surface area contributed by atoms with Gasteiger partial charge in [0.15, 0.2) is 0 Å². The molecule has 2 N–H and O–H groups in total. The second-order valence-corrected chi connectivity index (χ2v) is 6.33. The van der Waals surface area contributed by atoms with Gasteiger partial charge in [-0.2, -0.15) is 0 Å². The summed E-state index contributed by atoms with van der Waals surface area (Å²) in [5, 5.41) is 18.1. The van der Waals surface area contributed by atoms with Crippen LogP contribution in [0.15, 0.2) is 54.6 Å². The van der Waals surface area contributed by atoms with Crippen LogP contribution in [0.5, 0.6) is 0 Å². The molecule has 2 rings (SSSR count). The zero-order valence-corrected chi connectivity index (χ0v) is 13.1. The molecular weight excluding hydrogens is 296 g/mol. The van der Waals surface area contributed by atoms with Crippen molar-refractivity contribution in [3.63, 3.8) is 0 Å². The van der Waals surface area contributed by atoms with Gasteiger partial charge in [0.1, 0.15) is 5.25 Å². The van der Waals surface area contributed by atoms with E-state index in [1.54, 1.807) is 0 Å². The average molecular weight is 316 g/mol. The number of benzene rings is 2. The van der Waals surface area contributed by atoms with E-state index in [4.69, 9.17) is 5.11 Å². The number of aliphatic carboxylic acids is 1. The van der Waals surface area contributed by atoms with Gasteiger partial charge in [0.25, 0.3) is 0 Å². The smallest absolute Gasteiger partial charge is 0.316 e. The third-order valence-corrected chi connectivity index (χ3v) is 4.78. The van der Waals surface area contributed by atoms with Crippen molar-refractivity contribution in [3.05, 3.63) is 71.3 Å². The Bertz CT molecular complexity index is 598. The average Bonchev–Trinajstić information content (AvgIpc) is 2.55. The van der Waals surface area contributed by atoms with Gasteiger partial charge in [0.2, 0.25) is 0 Å². The maximum Gasteiger partial charge on any atom is 0.316 e. The second-order valence-electron chi connectivity index (χ2n) is 5.14. The topological polar surface area (TPSA) is 57.5 Å². The molecule has 1 atom stereocenters. The predicted octanol–water partition coefficient (Wildman–Crippen LogP) is 3.50. The lowest BCUT2D eigenvalue weighted by atomic mass is 10.1. The summed E-state index contributed by atoms with van der Waals surface area (Å²) in [6.07, 6.45) is 1.38. The van der Waals surface area contributed by atoms with E-state index in [-0.39, 0.29) is 6.61 Å². The Morgan fingerprint density at radius 1 is 1.00 bits per heavy atom. The number of aliphatic hydroxyl groups is 1.